The number of hydrogen-bond acceptors (Lipinski definition) is 4. The smallest absolute Gasteiger partial charge is 0.163 e. The van der Waals surface area contributed by atoms with Crippen molar-refractivity contribution >= 4 is 11.3 Å². The first kappa shape index (κ1) is 16.9. The second-order valence-electron chi connectivity index (χ2n) is 7.82. The lowest BCUT2D eigenvalue weighted by Crippen LogP contribution is -2.39. The van der Waals surface area contributed by atoms with E-state index in [0.717, 1.165) is 31.5 Å². The lowest BCUT2D eigenvalue weighted by atomic mass is 9.84. The van der Waals surface area contributed by atoms with Crippen molar-refractivity contribution in [1.29, 1.82) is 0 Å². The largest absolute Gasteiger partial charge is 0.504 e. The summed E-state index contributed by atoms with van der Waals surface area (Å²) in [5, 5.41) is 10.4. The molecule has 0 unspecified atom stereocenters. The molecule has 1 N–H and O–H groups in total. The summed E-state index contributed by atoms with van der Waals surface area (Å²) in [6, 6.07) is 4.77. The monoisotopic (exact) mass is 357 g/mol. The van der Waals surface area contributed by atoms with Gasteiger partial charge in [-0.25, -0.2) is 0 Å². The van der Waals surface area contributed by atoms with E-state index in [1.807, 2.05) is 17.4 Å². The van der Waals surface area contributed by atoms with Gasteiger partial charge in [-0.1, -0.05) is 13.8 Å². The van der Waals surface area contributed by atoms with Crippen LogP contribution >= 0.6 is 11.3 Å². The van der Waals surface area contributed by atoms with E-state index in [4.69, 9.17) is 4.74 Å². The SMILES string of the molecule is COc1c(O)cc2c(c1C)CCN1Cc3cc(CC(C)C)sc3C[C@@H]21. The van der Waals surface area contributed by atoms with Crippen LogP contribution < -0.4 is 4.74 Å². The summed E-state index contributed by atoms with van der Waals surface area (Å²) in [7, 11) is 1.64. The normalized spacial score (nSPS) is 19.5. The highest BCUT2D eigenvalue weighted by Gasteiger charge is 2.35. The maximum absolute atomic E-state index is 10.4. The molecular formula is C21H27NO2S. The van der Waals surface area contributed by atoms with E-state index in [1.165, 1.54) is 32.9 Å². The van der Waals surface area contributed by atoms with Crippen molar-refractivity contribution in [3.05, 3.63) is 44.1 Å². The molecule has 1 aromatic carbocycles. The summed E-state index contributed by atoms with van der Waals surface area (Å²) < 4.78 is 5.41. The molecule has 1 aromatic heterocycles. The summed E-state index contributed by atoms with van der Waals surface area (Å²) in [4.78, 5) is 5.65. The Morgan fingerprint density at radius 1 is 1.36 bits per heavy atom. The molecule has 134 valence electrons. The van der Waals surface area contributed by atoms with Crippen molar-refractivity contribution in [2.45, 2.75) is 52.6 Å². The molecule has 2 aromatic rings. The van der Waals surface area contributed by atoms with Gasteiger partial charge in [0.1, 0.15) is 0 Å². The number of ether oxygens (including phenoxy) is 1. The molecule has 0 saturated carbocycles. The average Bonchev–Trinajstić information content (AvgIpc) is 2.93. The highest BCUT2D eigenvalue weighted by atomic mass is 32.1. The van der Waals surface area contributed by atoms with Crippen LogP contribution in [0.5, 0.6) is 11.5 Å². The van der Waals surface area contributed by atoms with E-state index < -0.39 is 0 Å². The fraction of sp³-hybridized carbons (Fsp3) is 0.524. The zero-order valence-electron chi connectivity index (χ0n) is 15.6. The van der Waals surface area contributed by atoms with Crippen LogP contribution in [-0.2, 0) is 25.8 Å². The van der Waals surface area contributed by atoms with Crippen molar-refractivity contribution in [1.82, 2.24) is 4.90 Å². The Hall–Kier alpha value is -1.52. The first-order valence-corrected chi connectivity index (χ1v) is 10.0. The van der Waals surface area contributed by atoms with Crippen molar-refractivity contribution in [3.8, 4) is 11.5 Å². The van der Waals surface area contributed by atoms with Gasteiger partial charge in [0.15, 0.2) is 11.5 Å². The summed E-state index contributed by atoms with van der Waals surface area (Å²) in [5.41, 5.74) is 5.30. The first-order valence-electron chi connectivity index (χ1n) is 9.21. The van der Waals surface area contributed by atoms with E-state index in [-0.39, 0.29) is 5.75 Å². The van der Waals surface area contributed by atoms with Gasteiger partial charge in [-0.2, -0.15) is 0 Å². The minimum absolute atomic E-state index is 0.276. The number of thiophene rings is 1. The van der Waals surface area contributed by atoms with Crippen molar-refractivity contribution in [2.75, 3.05) is 13.7 Å². The summed E-state index contributed by atoms with van der Waals surface area (Å²) in [6.07, 6.45) is 3.28. The van der Waals surface area contributed by atoms with Gasteiger partial charge >= 0.3 is 0 Å². The van der Waals surface area contributed by atoms with E-state index in [9.17, 15) is 5.11 Å². The van der Waals surface area contributed by atoms with E-state index >= 15 is 0 Å². The molecule has 0 spiro atoms. The molecule has 4 heteroatoms. The van der Waals surface area contributed by atoms with Gasteiger partial charge in [-0.3, -0.25) is 4.90 Å². The molecule has 4 rings (SSSR count). The van der Waals surface area contributed by atoms with Gasteiger partial charge in [0.2, 0.25) is 0 Å². The molecular weight excluding hydrogens is 330 g/mol. The van der Waals surface area contributed by atoms with Crippen LogP contribution in [-0.4, -0.2) is 23.7 Å². The summed E-state index contributed by atoms with van der Waals surface area (Å²) in [6.45, 7) is 8.78. The number of fused-ring (bicyclic) bond motifs is 4. The molecule has 0 saturated heterocycles. The van der Waals surface area contributed by atoms with Crippen molar-refractivity contribution in [2.24, 2.45) is 5.92 Å². The van der Waals surface area contributed by atoms with Gasteiger partial charge in [-0.15, -0.1) is 11.3 Å². The van der Waals surface area contributed by atoms with Gasteiger partial charge in [0.05, 0.1) is 7.11 Å². The maximum Gasteiger partial charge on any atom is 0.163 e. The Morgan fingerprint density at radius 3 is 2.88 bits per heavy atom. The molecule has 0 radical (unpaired) electrons. The van der Waals surface area contributed by atoms with Crippen LogP contribution in [0, 0.1) is 12.8 Å². The number of rotatable bonds is 3. The highest BCUT2D eigenvalue weighted by molar-refractivity contribution is 7.12. The second-order valence-corrected chi connectivity index (χ2v) is 9.04. The summed E-state index contributed by atoms with van der Waals surface area (Å²) >= 11 is 2.00. The molecule has 25 heavy (non-hydrogen) atoms. The number of methoxy groups -OCH3 is 1. The number of phenols is 1. The average molecular weight is 358 g/mol. The maximum atomic E-state index is 10.4. The number of aromatic hydroxyl groups is 1. The minimum Gasteiger partial charge on any atom is -0.504 e. The van der Waals surface area contributed by atoms with Gasteiger partial charge < -0.3 is 9.84 Å². The lowest BCUT2D eigenvalue weighted by molar-refractivity contribution is 0.162. The lowest BCUT2D eigenvalue weighted by Gasteiger charge is -2.41. The third kappa shape index (κ3) is 2.85. The summed E-state index contributed by atoms with van der Waals surface area (Å²) in [5.74, 6) is 1.62. The van der Waals surface area contributed by atoms with Gasteiger partial charge in [0, 0.05) is 35.3 Å². The fourth-order valence-electron chi connectivity index (χ4n) is 4.50. The minimum atomic E-state index is 0.276. The molecule has 0 fully saturated rings. The van der Waals surface area contributed by atoms with Crippen LogP contribution in [0.1, 0.15) is 51.9 Å². The van der Waals surface area contributed by atoms with E-state index in [0.29, 0.717) is 17.7 Å². The van der Waals surface area contributed by atoms with Crippen molar-refractivity contribution in [3.63, 3.8) is 0 Å². The number of phenolic OH excluding ortho intramolecular Hbond substituents is 1. The predicted octanol–water partition coefficient (Wildman–Crippen LogP) is 4.62. The molecule has 3 nitrogen and oxygen atoms in total. The fourth-order valence-corrected chi connectivity index (χ4v) is 5.93. The van der Waals surface area contributed by atoms with E-state index in [2.05, 4.69) is 31.7 Å². The molecule has 0 bridgehead atoms. The van der Waals surface area contributed by atoms with E-state index in [1.54, 1.807) is 7.11 Å². The Morgan fingerprint density at radius 2 is 2.16 bits per heavy atom. The van der Waals surface area contributed by atoms with Crippen LogP contribution in [0.25, 0.3) is 0 Å². The Balaban J connectivity index is 1.71. The van der Waals surface area contributed by atoms with Crippen LogP contribution in [0.3, 0.4) is 0 Å². The molecule has 2 aliphatic heterocycles. The van der Waals surface area contributed by atoms with Gasteiger partial charge in [0.25, 0.3) is 0 Å². The van der Waals surface area contributed by atoms with Crippen LogP contribution in [0.4, 0.5) is 0 Å². The topological polar surface area (TPSA) is 32.7 Å². The number of hydrogen-bond donors (Lipinski definition) is 1. The third-order valence-electron chi connectivity index (χ3n) is 5.63. The highest BCUT2D eigenvalue weighted by Crippen LogP contribution is 2.45. The zero-order valence-corrected chi connectivity index (χ0v) is 16.4. The van der Waals surface area contributed by atoms with Gasteiger partial charge in [-0.05, 0) is 60.1 Å². The zero-order chi connectivity index (χ0) is 17.7. The predicted molar refractivity (Wildman–Crippen MR) is 103 cm³/mol. The second kappa shape index (κ2) is 6.33. The standard InChI is InChI=1S/C21H27NO2S/c1-12(2)7-15-8-14-11-22-6-5-16-13(3)21(24-4)19(23)9-17(16)18(22)10-20(14)25-15/h8-9,12,18,23H,5-7,10-11H2,1-4H3/t18-/m0/s1. The Labute approximate surface area is 154 Å². The molecule has 0 aliphatic carbocycles. The first-order chi connectivity index (χ1) is 12.0. The third-order valence-corrected chi connectivity index (χ3v) is 6.85. The molecule has 2 aliphatic rings. The number of benzene rings is 1. The Kier molecular flexibility index (Phi) is 4.28. The van der Waals surface area contributed by atoms with Crippen molar-refractivity contribution < 1.29 is 9.84 Å². The van der Waals surface area contributed by atoms with Crippen LogP contribution in [0.2, 0.25) is 0 Å². The molecule has 3 heterocycles. The quantitative estimate of drug-likeness (QED) is 0.870. The number of nitrogens with zero attached hydrogens (tertiary/aromatic N) is 1. The molecule has 0 amide bonds. The van der Waals surface area contributed by atoms with Crippen LogP contribution in [0.15, 0.2) is 12.1 Å². The molecule has 1 atom stereocenters. The Bertz CT molecular complexity index is 809.